The summed E-state index contributed by atoms with van der Waals surface area (Å²) in [6.45, 7) is 8.00. The number of para-hydroxylation sites is 1. The highest BCUT2D eigenvalue weighted by molar-refractivity contribution is 5.81. The minimum atomic E-state index is 1.06. The molecule has 0 fully saturated rings. The lowest BCUT2D eigenvalue weighted by atomic mass is 10.2. The minimum Gasteiger partial charge on any atom is -0.264 e. The second-order valence-corrected chi connectivity index (χ2v) is 4.42. The second kappa shape index (κ2) is 11.8. The van der Waals surface area contributed by atoms with Gasteiger partial charge in [0.15, 0.2) is 0 Å². The highest BCUT2D eigenvalue weighted by Gasteiger charge is 1.87. The van der Waals surface area contributed by atoms with Crippen molar-refractivity contribution >= 4 is 21.7 Å². The molecule has 24 heavy (non-hydrogen) atoms. The van der Waals surface area contributed by atoms with Crippen LogP contribution in [0.3, 0.4) is 0 Å². The standard InChI is InChI=1S/2C9H7N.2C2H6/c1-2-6-9-8(4-1)5-3-7-10-9;1-2-4-9-7-10-6-5-8(9)3-1;2*1-2/h2*1-7H;2*1-2H3. The van der Waals surface area contributed by atoms with Gasteiger partial charge in [-0.25, -0.2) is 0 Å². The van der Waals surface area contributed by atoms with Gasteiger partial charge >= 0.3 is 0 Å². The van der Waals surface area contributed by atoms with E-state index in [1.807, 2.05) is 88.8 Å². The van der Waals surface area contributed by atoms with Crippen molar-refractivity contribution in [2.24, 2.45) is 0 Å². The summed E-state index contributed by atoms with van der Waals surface area (Å²) in [5, 5.41) is 3.65. The summed E-state index contributed by atoms with van der Waals surface area (Å²) in [7, 11) is 0. The quantitative estimate of drug-likeness (QED) is 0.369. The van der Waals surface area contributed by atoms with Crippen molar-refractivity contribution in [1.82, 2.24) is 9.97 Å². The molecule has 0 saturated carbocycles. The third-order valence-corrected chi connectivity index (χ3v) is 3.06. The number of benzene rings is 2. The van der Waals surface area contributed by atoms with Gasteiger partial charge in [-0.3, -0.25) is 9.97 Å². The molecular weight excluding hydrogens is 292 g/mol. The molecule has 4 aromatic rings. The van der Waals surface area contributed by atoms with Gasteiger partial charge in [-0.2, -0.15) is 0 Å². The second-order valence-electron chi connectivity index (χ2n) is 4.42. The fourth-order valence-electron chi connectivity index (χ4n) is 2.04. The molecule has 124 valence electrons. The molecule has 0 saturated heterocycles. The Morgan fingerprint density at radius 1 is 0.542 bits per heavy atom. The predicted molar refractivity (Wildman–Crippen MR) is 106 cm³/mol. The van der Waals surface area contributed by atoms with Crippen LogP contribution in [0.15, 0.2) is 85.3 Å². The zero-order chi connectivity index (χ0) is 17.6. The van der Waals surface area contributed by atoms with Gasteiger partial charge < -0.3 is 0 Å². The zero-order valence-electron chi connectivity index (χ0n) is 15.0. The van der Waals surface area contributed by atoms with Crippen LogP contribution in [-0.4, -0.2) is 9.97 Å². The maximum absolute atomic E-state index is 4.18. The maximum Gasteiger partial charge on any atom is 0.0701 e. The van der Waals surface area contributed by atoms with Crippen LogP contribution >= 0.6 is 0 Å². The van der Waals surface area contributed by atoms with E-state index < -0.39 is 0 Å². The monoisotopic (exact) mass is 318 g/mol. The Morgan fingerprint density at radius 3 is 1.79 bits per heavy atom. The molecule has 2 heterocycles. The smallest absolute Gasteiger partial charge is 0.0701 e. The molecule has 2 heteroatoms. The molecule has 4 rings (SSSR count). The topological polar surface area (TPSA) is 25.8 Å². The van der Waals surface area contributed by atoms with E-state index in [4.69, 9.17) is 0 Å². The summed E-state index contributed by atoms with van der Waals surface area (Å²) in [6.07, 6.45) is 5.49. The molecule has 0 aliphatic rings. The Hall–Kier alpha value is -2.74. The van der Waals surface area contributed by atoms with Crippen LogP contribution in [0.1, 0.15) is 27.7 Å². The largest absolute Gasteiger partial charge is 0.264 e. The Labute approximate surface area is 145 Å². The SMILES string of the molecule is CC.CC.c1ccc2cnccc2c1.c1ccc2ncccc2c1. The van der Waals surface area contributed by atoms with E-state index in [1.165, 1.54) is 16.2 Å². The molecule has 0 radical (unpaired) electrons. The first-order valence-electron chi connectivity index (χ1n) is 8.52. The summed E-state index contributed by atoms with van der Waals surface area (Å²) >= 11 is 0. The van der Waals surface area contributed by atoms with Gasteiger partial charge in [0.2, 0.25) is 0 Å². The van der Waals surface area contributed by atoms with Crippen LogP contribution in [0, 0.1) is 0 Å². The van der Waals surface area contributed by atoms with Crippen LogP contribution in [0.25, 0.3) is 21.7 Å². The first-order chi connectivity index (χ1) is 11.9. The molecule has 0 N–H and O–H groups in total. The first kappa shape index (κ1) is 19.3. The van der Waals surface area contributed by atoms with Crippen molar-refractivity contribution in [3.05, 3.63) is 85.3 Å². The molecule has 0 spiro atoms. The lowest BCUT2D eigenvalue weighted by molar-refractivity contribution is 1.36. The highest BCUT2D eigenvalue weighted by atomic mass is 14.6. The Morgan fingerprint density at radius 2 is 1.12 bits per heavy atom. The summed E-state index contributed by atoms with van der Waals surface area (Å²) in [4.78, 5) is 8.19. The summed E-state index contributed by atoms with van der Waals surface area (Å²) in [5.74, 6) is 0. The van der Waals surface area contributed by atoms with Crippen LogP contribution < -0.4 is 0 Å². The van der Waals surface area contributed by atoms with Gasteiger partial charge in [0.25, 0.3) is 0 Å². The van der Waals surface area contributed by atoms with Gasteiger partial charge in [-0.1, -0.05) is 76.2 Å². The van der Waals surface area contributed by atoms with Crippen LogP contribution in [0.5, 0.6) is 0 Å². The maximum atomic E-state index is 4.18. The van der Waals surface area contributed by atoms with E-state index in [1.54, 1.807) is 0 Å². The van der Waals surface area contributed by atoms with Crippen LogP contribution in [0.4, 0.5) is 0 Å². The van der Waals surface area contributed by atoms with E-state index in [0.29, 0.717) is 0 Å². The number of rotatable bonds is 0. The number of fused-ring (bicyclic) bond motifs is 2. The summed E-state index contributed by atoms with van der Waals surface area (Å²) in [5.41, 5.74) is 1.06. The minimum absolute atomic E-state index is 1.06. The van der Waals surface area contributed by atoms with Gasteiger partial charge in [0.1, 0.15) is 0 Å². The number of pyridine rings is 2. The van der Waals surface area contributed by atoms with Crippen molar-refractivity contribution in [2.75, 3.05) is 0 Å². The van der Waals surface area contributed by atoms with E-state index in [-0.39, 0.29) is 0 Å². The van der Waals surface area contributed by atoms with Crippen molar-refractivity contribution in [1.29, 1.82) is 0 Å². The molecule has 0 bridgehead atoms. The number of hydrogen-bond donors (Lipinski definition) is 0. The molecule has 2 nitrogen and oxygen atoms in total. The predicted octanol–water partition coefficient (Wildman–Crippen LogP) is 6.52. The van der Waals surface area contributed by atoms with Gasteiger partial charge in [0, 0.05) is 24.0 Å². The molecule has 0 atom stereocenters. The molecule has 0 amide bonds. The number of aromatic nitrogens is 2. The van der Waals surface area contributed by atoms with Gasteiger partial charge in [-0.15, -0.1) is 0 Å². The first-order valence-corrected chi connectivity index (χ1v) is 8.52. The third-order valence-electron chi connectivity index (χ3n) is 3.06. The lowest BCUT2D eigenvalue weighted by Crippen LogP contribution is -1.73. The van der Waals surface area contributed by atoms with Crippen molar-refractivity contribution in [3.63, 3.8) is 0 Å². The van der Waals surface area contributed by atoms with E-state index >= 15 is 0 Å². The molecule has 0 aliphatic carbocycles. The van der Waals surface area contributed by atoms with E-state index in [9.17, 15) is 0 Å². The van der Waals surface area contributed by atoms with E-state index in [0.717, 1.165) is 5.52 Å². The van der Waals surface area contributed by atoms with Gasteiger partial charge in [-0.05, 0) is 29.0 Å². The molecular formula is C22H26N2. The van der Waals surface area contributed by atoms with E-state index in [2.05, 4.69) is 34.2 Å². The highest BCUT2D eigenvalue weighted by Crippen LogP contribution is 2.09. The van der Waals surface area contributed by atoms with Crippen LogP contribution in [-0.2, 0) is 0 Å². The number of hydrogen-bond acceptors (Lipinski definition) is 2. The third kappa shape index (κ3) is 5.81. The lowest BCUT2D eigenvalue weighted by Gasteiger charge is -1.91. The average molecular weight is 318 g/mol. The number of nitrogens with zero attached hydrogens (tertiary/aromatic N) is 2. The van der Waals surface area contributed by atoms with Crippen LogP contribution in [0.2, 0.25) is 0 Å². The molecule has 0 aliphatic heterocycles. The Kier molecular flexibility index (Phi) is 9.48. The normalized spacial score (nSPS) is 8.83. The zero-order valence-corrected chi connectivity index (χ0v) is 15.0. The Balaban J connectivity index is 0.000000199. The fraction of sp³-hybridized carbons (Fsp3) is 0.182. The molecule has 0 unspecified atom stereocenters. The average Bonchev–Trinajstić information content (AvgIpc) is 2.72. The van der Waals surface area contributed by atoms with Crippen molar-refractivity contribution in [2.45, 2.75) is 27.7 Å². The summed E-state index contributed by atoms with van der Waals surface area (Å²) < 4.78 is 0. The van der Waals surface area contributed by atoms with Crippen molar-refractivity contribution < 1.29 is 0 Å². The Bertz CT molecular complexity index is 623. The van der Waals surface area contributed by atoms with Gasteiger partial charge in [0.05, 0.1) is 5.52 Å². The molecule has 2 aromatic carbocycles. The van der Waals surface area contributed by atoms with Crippen molar-refractivity contribution in [3.8, 4) is 0 Å². The summed E-state index contributed by atoms with van der Waals surface area (Å²) in [6, 6.07) is 22.3. The fourth-order valence-corrected chi connectivity index (χ4v) is 2.04. The molecule has 2 aromatic heterocycles.